The standard InChI is InChI=1S/C24H24N3O.ClH/c1-27(17-25)21-15-9-8-14-20(21)23(18-10-4-2-5-11-18)26-16-22(27)24(28)19-12-6-3-7-13-19;/h2-15,22H,16-17,25H2,1H3;1H/q+1;. The molecule has 0 saturated carbocycles. The summed E-state index contributed by atoms with van der Waals surface area (Å²) in [5.41, 5.74) is 11.0. The molecule has 2 unspecified atom stereocenters. The Morgan fingerprint density at radius 1 is 0.966 bits per heavy atom. The molecule has 0 saturated heterocycles. The molecule has 0 aliphatic carbocycles. The molecule has 0 fully saturated rings. The van der Waals surface area contributed by atoms with Gasteiger partial charge in [0.05, 0.1) is 24.9 Å². The quantitative estimate of drug-likeness (QED) is 0.524. The number of halogens is 1. The van der Waals surface area contributed by atoms with Gasteiger partial charge in [0.25, 0.3) is 0 Å². The molecular formula is C24H25ClN3O+. The van der Waals surface area contributed by atoms with Crippen LogP contribution >= 0.6 is 12.4 Å². The number of para-hydroxylation sites is 1. The van der Waals surface area contributed by atoms with Gasteiger partial charge >= 0.3 is 0 Å². The number of benzene rings is 3. The van der Waals surface area contributed by atoms with Gasteiger partial charge in [-0.1, -0.05) is 72.8 Å². The number of ketones is 1. The third-order valence-electron chi connectivity index (χ3n) is 5.61. The van der Waals surface area contributed by atoms with Crippen LogP contribution in [0.3, 0.4) is 0 Å². The second-order valence-electron chi connectivity index (χ2n) is 7.27. The van der Waals surface area contributed by atoms with E-state index in [-0.39, 0.29) is 24.2 Å². The number of nitrogens with zero attached hydrogens (tertiary/aromatic N) is 2. The zero-order valence-electron chi connectivity index (χ0n) is 16.4. The van der Waals surface area contributed by atoms with E-state index in [4.69, 9.17) is 10.7 Å². The summed E-state index contributed by atoms with van der Waals surface area (Å²) < 4.78 is 0.323. The molecule has 0 spiro atoms. The summed E-state index contributed by atoms with van der Waals surface area (Å²) in [6.45, 7) is 0.707. The predicted molar refractivity (Wildman–Crippen MR) is 122 cm³/mol. The maximum absolute atomic E-state index is 13.4. The largest absolute Gasteiger partial charge is 0.287 e. The van der Waals surface area contributed by atoms with E-state index in [0.29, 0.717) is 23.3 Å². The molecule has 1 heterocycles. The van der Waals surface area contributed by atoms with Gasteiger partial charge in [-0.15, -0.1) is 12.4 Å². The lowest BCUT2D eigenvalue weighted by Crippen LogP contribution is -2.61. The Hall–Kier alpha value is -2.79. The average molecular weight is 407 g/mol. The Kier molecular flexibility index (Phi) is 6.28. The molecule has 2 N–H and O–H groups in total. The number of Topliss-reactive ketones (excluding diaryl/α,β-unsaturated/α-hetero) is 1. The summed E-state index contributed by atoms with van der Waals surface area (Å²) in [5.74, 6) is 0.0708. The SMILES string of the molecule is C[N+]1(CN)c2ccccc2C(c2ccccc2)=NCC1C(=O)c1ccccc1.Cl. The van der Waals surface area contributed by atoms with Crippen LogP contribution in [0.4, 0.5) is 5.69 Å². The Morgan fingerprint density at radius 3 is 2.21 bits per heavy atom. The van der Waals surface area contributed by atoms with E-state index in [2.05, 4.69) is 24.3 Å². The van der Waals surface area contributed by atoms with Crippen molar-refractivity contribution in [2.24, 2.45) is 10.7 Å². The molecule has 1 aliphatic heterocycles. The van der Waals surface area contributed by atoms with Crippen LogP contribution in [0, 0.1) is 0 Å². The molecule has 4 rings (SSSR count). The molecular weight excluding hydrogens is 382 g/mol. The maximum atomic E-state index is 13.4. The normalized spacial score (nSPS) is 20.6. The van der Waals surface area contributed by atoms with E-state index >= 15 is 0 Å². The van der Waals surface area contributed by atoms with Crippen LogP contribution in [0.25, 0.3) is 0 Å². The first-order valence-electron chi connectivity index (χ1n) is 9.49. The van der Waals surface area contributed by atoms with Gasteiger partial charge in [-0.3, -0.25) is 20.0 Å². The summed E-state index contributed by atoms with van der Waals surface area (Å²) in [5, 5.41) is 0. The Morgan fingerprint density at radius 2 is 1.55 bits per heavy atom. The smallest absolute Gasteiger partial charge is 0.222 e. The summed E-state index contributed by atoms with van der Waals surface area (Å²) in [7, 11) is 2.04. The van der Waals surface area contributed by atoms with Crippen molar-refractivity contribution in [3.63, 3.8) is 0 Å². The van der Waals surface area contributed by atoms with Crippen LogP contribution < -0.4 is 10.2 Å². The van der Waals surface area contributed by atoms with Gasteiger partial charge in [-0.05, 0) is 12.1 Å². The lowest BCUT2D eigenvalue weighted by molar-refractivity contribution is 0.0868. The lowest BCUT2D eigenvalue weighted by Gasteiger charge is -2.38. The van der Waals surface area contributed by atoms with Gasteiger partial charge < -0.3 is 0 Å². The third kappa shape index (κ3) is 3.75. The Balaban J connectivity index is 0.00000240. The van der Waals surface area contributed by atoms with Crippen LogP contribution in [-0.2, 0) is 0 Å². The number of likely N-dealkylation sites (N-methyl/N-ethyl adjacent to an activating group) is 1. The number of nitrogens with two attached hydrogens (primary N) is 1. The number of carbonyl (C=O) groups excluding carboxylic acids is 1. The molecule has 4 nitrogen and oxygen atoms in total. The number of benzodiazepines with no additional fused rings is 1. The van der Waals surface area contributed by atoms with Gasteiger partial charge in [0.2, 0.25) is 5.78 Å². The zero-order chi connectivity index (χ0) is 19.6. The fourth-order valence-electron chi connectivity index (χ4n) is 3.94. The molecule has 3 aromatic rings. The molecule has 0 aromatic heterocycles. The van der Waals surface area contributed by atoms with E-state index in [9.17, 15) is 4.79 Å². The van der Waals surface area contributed by atoms with Crippen LogP contribution in [0.1, 0.15) is 21.5 Å². The number of hydrogen-bond donors (Lipinski definition) is 1. The molecule has 0 amide bonds. The minimum Gasteiger partial charge on any atom is -0.287 e. The predicted octanol–water partition coefficient (Wildman–Crippen LogP) is 4.06. The van der Waals surface area contributed by atoms with E-state index < -0.39 is 0 Å². The van der Waals surface area contributed by atoms with Crippen LogP contribution in [0.15, 0.2) is 89.9 Å². The second kappa shape index (κ2) is 8.70. The fourth-order valence-corrected chi connectivity index (χ4v) is 3.94. The number of quaternary nitrogens is 1. The van der Waals surface area contributed by atoms with Crippen LogP contribution in [0.2, 0.25) is 0 Å². The highest BCUT2D eigenvalue weighted by Gasteiger charge is 2.43. The Labute approximate surface area is 177 Å². The number of aliphatic imine (C=N–C) groups is 1. The lowest BCUT2D eigenvalue weighted by atomic mass is 9.97. The highest BCUT2D eigenvalue weighted by Crippen LogP contribution is 2.34. The topological polar surface area (TPSA) is 55.4 Å². The molecule has 0 radical (unpaired) electrons. The van der Waals surface area contributed by atoms with Crippen molar-refractivity contribution in [1.29, 1.82) is 0 Å². The van der Waals surface area contributed by atoms with Crippen molar-refractivity contribution in [2.45, 2.75) is 6.04 Å². The minimum atomic E-state index is -0.380. The third-order valence-corrected chi connectivity index (χ3v) is 5.61. The summed E-state index contributed by atoms with van der Waals surface area (Å²) in [6.07, 6.45) is 0. The first-order chi connectivity index (χ1) is 13.6. The van der Waals surface area contributed by atoms with Crippen molar-refractivity contribution >= 4 is 29.6 Å². The molecule has 5 heteroatoms. The molecule has 148 valence electrons. The van der Waals surface area contributed by atoms with Crippen molar-refractivity contribution in [3.05, 3.63) is 102 Å². The number of carbonyl (C=O) groups is 1. The minimum absolute atomic E-state index is 0. The van der Waals surface area contributed by atoms with Crippen LogP contribution in [0.5, 0.6) is 0 Å². The number of hydrogen-bond acceptors (Lipinski definition) is 3. The molecule has 2 atom stereocenters. The monoisotopic (exact) mass is 406 g/mol. The second-order valence-corrected chi connectivity index (χ2v) is 7.27. The first kappa shape index (κ1) is 20.9. The van der Waals surface area contributed by atoms with Gasteiger partial charge in [0.1, 0.15) is 12.4 Å². The van der Waals surface area contributed by atoms with Crippen molar-refractivity contribution in [2.75, 3.05) is 20.3 Å². The van der Waals surface area contributed by atoms with E-state index in [1.807, 2.05) is 67.7 Å². The van der Waals surface area contributed by atoms with E-state index in [1.54, 1.807) is 0 Å². The molecule has 0 bridgehead atoms. The van der Waals surface area contributed by atoms with Crippen molar-refractivity contribution < 1.29 is 4.79 Å². The van der Waals surface area contributed by atoms with Crippen molar-refractivity contribution in [3.8, 4) is 0 Å². The average Bonchev–Trinajstić information content (AvgIpc) is 2.90. The highest BCUT2D eigenvalue weighted by atomic mass is 35.5. The van der Waals surface area contributed by atoms with Gasteiger partial charge in [-0.25, -0.2) is 0 Å². The number of rotatable bonds is 4. The maximum Gasteiger partial charge on any atom is 0.222 e. The van der Waals surface area contributed by atoms with E-state index in [0.717, 1.165) is 22.5 Å². The van der Waals surface area contributed by atoms with Gasteiger partial charge in [0.15, 0.2) is 6.04 Å². The molecule has 3 aromatic carbocycles. The molecule has 1 aliphatic rings. The number of fused-ring (bicyclic) bond motifs is 1. The fraction of sp³-hybridized carbons (Fsp3) is 0.167. The highest BCUT2D eigenvalue weighted by molar-refractivity contribution is 6.16. The Bertz CT molecular complexity index is 1020. The molecule has 29 heavy (non-hydrogen) atoms. The van der Waals surface area contributed by atoms with Crippen molar-refractivity contribution in [1.82, 2.24) is 4.48 Å². The first-order valence-corrected chi connectivity index (χ1v) is 9.49. The van der Waals surface area contributed by atoms with Crippen LogP contribution in [-0.4, -0.2) is 37.8 Å². The van der Waals surface area contributed by atoms with Gasteiger partial charge in [-0.2, -0.15) is 0 Å². The summed E-state index contributed by atoms with van der Waals surface area (Å²) >= 11 is 0. The summed E-state index contributed by atoms with van der Waals surface area (Å²) in [6, 6.07) is 27.3. The summed E-state index contributed by atoms with van der Waals surface area (Å²) in [4.78, 5) is 18.4. The van der Waals surface area contributed by atoms with E-state index in [1.165, 1.54) is 0 Å². The van der Waals surface area contributed by atoms with Gasteiger partial charge in [0, 0.05) is 11.1 Å². The zero-order valence-corrected chi connectivity index (χ0v) is 17.2.